The minimum atomic E-state index is -0.297. The summed E-state index contributed by atoms with van der Waals surface area (Å²) < 4.78 is 10.0. The van der Waals surface area contributed by atoms with Crippen LogP contribution in [0.1, 0.15) is 22.8 Å². The molecule has 0 saturated carbocycles. The second kappa shape index (κ2) is 5.75. The monoisotopic (exact) mass is 272 g/mol. The molecule has 82 valence electrons. The Morgan fingerprint density at radius 3 is 2.73 bits per heavy atom. The van der Waals surface area contributed by atoms with Crippen molar-refractivity contribution < 1.29 is 14.3 Å². The van der Waals surface area contributed by atoms with Crippen molar-refractivity contribution >= 4 is 21.9 Å². The number of ether oxygens (including phenoxy) is 2. The number of hydrogen-bond acceptors (Lipinski definition) is 3. The summed E-state index contributed by atoms with van der Waals surface area (Å²) in [5.41, 5.74) is 1.45. The number of hydrogen-bond donors (Lipinski definition) is 0. The summed E-state index contributed by atoms with van der Waals surface area (Å²) in [5.74, 6) is 0.437. The number of benzene rings is 1. The molecule has 0 aromatic heterocycles. The average Bonchev–Trinajstić information content (AvgIpc) is 2.28. The third-order valence-electron chi connectivity index (χ3n) is 1.95. The average molecular weight is 273 g/mol. The van der Waals surface area contributed by atoms with Gasteiger partial charge in [-0.2, -0.15) is 0 Å². The quantitative estimate of drug-likeness (QED) is 0.625. The van der Waals surface area contributed by atoms with E-state index in [-0.39, 0.29) is 5.97 Å². The zero-order valence-corrected chi connectivity index (χ0v) is 10.3. The molecule has 1 aromatic rings. The van der Waals surface area contributed by atoms with Crippen LogP contribution < -0.4 is 4.74 Å². The molecule has 0 aliphatic rings. The van der Waals surface area contributed by atoms with Gasteiger partial charge in [0, 0.05) is 5.33 Å². The SMILES string of the molecule is CCOC(=O)c1ccc(OC)cc1CBr. The molecule has 0 aliphatic heterocycles. The molecule has 15 heavy (non-hydrogen) atoms. The third kappa shape index (κ3) is 2.96. The Hall–Kier alpha value is -1.03. The van der Waals surface area contributed by atoms with Gasteiger partial charge in [0.05, 0.1) is 19.3 Å². The third-order valence-corrected chi connectivity index (χ3v) is 2.56. The highest BCUT2D eigenvalue weighted by molar-refractivity contribution is 9.08. The summed E-state index contributed by atoms with van der Waals surface area (Å²) in [4.78, 5) is 11.5. The van der Waals surface area contributed by atoms with Gasteiger partial charge in [0.15, 0.2) is 0 Å². The van der Waals surface area contributed by atoms with E-state index in [1.807, 2.05) is 6.07 Å². The first-order valence-electron chi connectivity index (χ1n) is 4.63. The van der Waals surface area contributed by atoms with Crippen LogP contribution in [0.2, 0.25) is 0 Å². The molecule has 0 spiro atoms. The maximum Gasteiger partial charge on any atom is 0.338 e. The van der Waals surface area contributed by atoms with Crippen molar-refractivity contribution in [3.63, 3.8) is 0 Å². The Morgan fingerprint density at radius 1 is 1.47 bits per heavy atom. The lowest BCUT2D eigenvalue weighted by Gasteiger charge is -2.08. The highest BCUT2D eigenvalue weighted by Crippen LogP contribution is 2.20. The Labute approximate surface area is 97.5 Å². The molecule has 0 saturated heterocycles. The van der Waals surface area contributed by atoms with Crippen LogP contribution in [0.25, 0.3) is 0 Å². The summed E-state index contributed by atoms with van der Waals surface area (Å²) in [5, 5.41) is 0.596. The van der Waals surface area contributed by atoms with E-state index >= 15 is 0 Å². The van der Waals surface area contributed by atoms with Gasteiger partial charge in [-0.25, -0.2) is 4.79 Å². The zero-order valence-electron chi connectivity index (χ0n) is 8.75. The van der Waals surface area contributed by atoms with Gasteiger partial charge in [-0.05, 0) is 30.7 Å². The van der Waals surface area contributed by atoms with Crippen LogP contribution in [0.15, 0.2) is 18.2 Å². The van der Waals surface area contributed by atoms with Crippen LogP contribution in [0.5, 0.6) is 5.75 Å². The normalized spacial score (nSPS) is 9.80. The van der Waals surface area contributed by atoms with Gasteiger partial charge in [0.1, 0.15) is 5.75 Å². The molecule has 0 unspecified atom stereocenters. The second-order valence-corrected chi connectivity index (χ2v) is 3.44. The number of esters is 1. The molecule has 0 heterocycles. The molecule has 0 bridgehead atoms. The van der Waals surface area contributed by atoms with E-state index in [0.29, 0.717) is 17.5 Å². The predicted octanol–water partition coefficient (Wildman–Crippen LogP) is 2.77. The minimum absolute atomic E-state index is 0.297. The lowest BCUT2D eigenvalue weighted by Crippen LogP contribution is -2.07. The molecule has 0 aliphatic carbocycles. The molecule has 0 fully saturated rings. The standard InChI is InChI=1S/C11H13BrO3/c1-3-15-11(13)10-5-4-9(14-2)6-8(10)7-12/h4-6H,3,7H2,1-2H3. The first kappa shape index (κ1) is 12.0. The van der Waals surface area contributed by atoms with E-state index in [0.717, 1.165) is 11.3 Å². The van der Waals surface area contributed by atoms with Crippen molar-refractivity contribution in [1.29, 1.82) is 0 Å². The summed E-state index contributed by atoms with van der Waals surface area (Å²) >= 11 is 3.33. The maximum atomic E-state index is 11.5. The molecular weight excluding hydrogens is 260 g/mol. The molecule has 1 aromatic carbocycles. The molecule has 0 amide bonds. The Kier molecular flexibility index (Phi) is 4.62. The van der Waals surface area contributed by atoms with Gasteiger partial charge < -0.3 is 9.47 Å². The number of halogens is 1. The highest BCUT2D eigenvalue weighted by Gasteiger charge is 2.12. The van der Waals surface area contributed by atoms with Crippen molar-refractivity contribution in [1.82, 2.24) is 0 Å². The van der Waals surface area contributed by atoms with E-state index in [1.165, 1.54) is 0 Å². The van der Waals surface area contributed by atoms with Gasteiger partial charge in [-0.3, -0.25) is 0 Å². The van der Waals surface area contributed by atoms with Gasteiger partial charge in [-0.1, -0.05) is 15.9 Å². The fourth-order valence-electron chi connectivity index (χ4n) is 1.22. The van der Waals surface area contributed by atoms with E-state index in [9.17, 15) is 4.79 Å². The van der Waals surface area contributed by atoms with Crippen molar-refractivity contribution in [2.24, 2.45) is 0 Å². The van der Waals surface area contributed by atoms with Crippen molar-refractivity contribution in [3.05, 3.63) is 29.3 Å². The smallest absolute Gasteiger partial charge is 0.338 e. The molecular formula is C11H13BrO3. The van der Waals surface area contributed by atoms with E-state index < -0.39 is 0 Å². The fraction of sp³-hybridized carbons (Fsp3) is 0.364. The predicted molar refractivity (Wildman–Crippen MR) is 61.6 cm³/mol. The minimum Gasteiger partial charge on any atom is -0.497 e. The zero-order chi connectivity index (χ0) is 11.3. The lowest BCUT2D eigenvalue weighted by molar-refractivity contribution is 0.0525. The summed E-state index contributed by atoms with van der Waals surface area (Å²) in [6, 6.07) is 5.28. The van der Waals surface area contributed by atoms with Gasteiger partial charge in [0.2, 0.25) is 0 Å². The second-order valence-electron chi connectivity index (χ2n) is 2.88. The summed E-state index contributed by atoms with van der Waals surface area (Å²) in [6.45, 7) is 2.17. The van der Waals surface area contributed by atoms with Gasteiger partial charge in [0.25, 0.3) is 0 Å². The van der Waals surface area contributed by atoms with Crippen molar-refractivity contribution in [2.45, 2.75) is 12.3 Å². The molecule has 3 nitrogen and oxygen atoms in total. The largest absolute Gasteiger partial charge is 0.497 e. The summed E-state index contributed by atoms with van der Waals surface area (Å²) in [7, 11) is 1.59. The van der Waals surface area contributed by atoms with Crippen LogP contribution in [0, 0.1) is 0 Å². The van der Waals surface area contributed by atoms with E-state index in [4.69, 9.17) is 9.47 Å². The first-order valence-corrected chi connectivity index (χ1v) is 5.75. The highest BCUT2D eigenvalue weighted by atomic mass is 79.9. The van der Waals surface area contributed by atoms with Crippen LogP contribution in [-0.2, 0) is 10.1 Å². The number of carbonyl (C=O) groups excluding carboxylic acids is 1. The van der Waals surface area contributed by atoms with E-state index in [2.05, 4.69) is 15.9 Å². The maximum absolute atomic E-state index is 11.5. The molecule has 0 radical (unpaired) electrons. The lowest BCUT2D eigenvalue weighted by atomic mass is 10.1. The number of methoxy groups -OCH3 is 1. The molecule has 0 N–H and O–H groups in total. The molecule has 0 atom stereocenters. The fourth-order valence-corrected chi connectivity index (χ4v) is 1.68. The number of alkyl halides is 1. The van der Waals surface area contributed by atoms with Gasteiger partial charge >= 0.3 is 5.97 Å². The summed E-state index contributed by atoms with van der Waals surface area (Å²) in [6.07, 6.45) is 0. The van der Waals surface area contributed by atoms with Crippen molar-refractivity contribution in [3.8, 4) is 5.75 Å². The Balaban J connectivity index is 3.02. The van der Waals surface area contributed by atoms with Crippen LogP contribution in [-0.4, -0.2) is 19.7 Å². The van der Waals surface area contributed by atoms with Gasteiger partial charge in [-0.15, -0.1) is 0 Å². The first-order chi connectivity index (χ1) is 7.22. The number of rotatable bonds is 4. The Morgan fingerprint density at radius 2 is 2.20 bits per heavy atom. The van der Waals surface area contributed by atoms with Crippen molar-refractivity contribution in [2.75, 3.05) is 13.7 Å². The van der Waals surface area contributed by atoms with Crippen LogP contribution >= 0.6 is 15.9 Å². The van der Waals surface area contributed by atoms with E-state index in [1.54, 1.807) is 26.2 Å². The molecule has 4 heteroatoms. The molecule has 1 rings (SSSR count). The topological polar surface area (TPSA) is 35.5 Å². The van der Waals surface area contributed by atoms with Crippen LogP contribution in [0.3, 0.4) is 0 Å². The Bertz CT molecular complexity index is 350. The van der Waals surface area contributed by atoms with Crippen LogP contribution in [0.4, 0.5) is 0 Å². The number of carbonyl (C=O) groups is 1.